The molecule has 0 bridgehead atoms. The first-order valence-corrected chi connectivity index (χ1v) is 8.55. The lowest BCUT2D eigenvalue weighted by Gasteiger charge is -2.14. The van der Waals surface area contributed by atoms with Gasteiger partial charge >= 0.3 is 6.18 Å². The maximum Gasteiger partial charge on any atom is 0.416 e. The molecule has 0 radical (unpaired) electrons. The van der Waals surface area contributed by atoms with E-state index in [0.717, 1.165) is 12.1 Å². The smallest absolute Gasteiger partial charge is 0.416 e. The Bertz CT molecular complexity index is 885. The van der Waals surface area contributed by atoms with Gasteiger partial charge in [0, 0.05) is 24.2 Å². The van der Waals surface area contributed by atoms with Crippen LogP contribution in [0.2, 0.25) is 0 Å². The van der Waals surface area contributed by atoms with Gasteiger partial charge in [-0.25, -0.2) is 0 Å². The van der Waals surface area contributed by atoms with E-state index in [9.17, 15) is 18.0 Å². The van der Waals surface area contributed by atoms with Crippen LogP contribution in [0, 0.1) is 5.41 Å². The zero-order valence-electron chi connectivity index (χ0n) is 14.7. The SMILES string of the molecule is N=C(N)c1cccc(OC2CNC(C(=O)Nc3cccc(C(F)(F)F)c3)C2)c1. The van der Waals surface area contributed by atoms with Gasteiger partial charge in [0.2, 0.25) is 5.91 Å². The number of hydrogen-bond donors (Lipinski definition) is 4. The van der Waals surface area contributed by atoms with Gasteiger partial charge in [0.15, 0.2) is 0 Å². The van der Waals surface area contributed by atoms with E-state index in [4.69, 9.17) is 15.9 Å². The third-order valence-corrected chi connectivity index (χ3v) is 4.31. The lowest BCUT2D eigenvalue weighted by molar-refractivity contribution is -0.137. The van der Waals surface area contributed by atoms with Crippen molar-refractivity contribution in [2.75, 3.05) is 11.9 Å². The first kappa shape index (κ1) is 19.7. The molecule has 0 aliphatic carbocycles. The van der Waals surface area contributed by atoms with Gasteiger partial charge in [-0.15, -0.1) is 0 Å². The van der Waals surface area contributed by atoms with Crippen LogP contribution in [0.25, 0.3) is 0 Å². The summed E-state index contributed by atoms with van der Waals surface area (Å²) in [6, 6.07) is 10.7. The maximum atomic E-state index is 12.8. The zero-order valence-corrected chi connectivity index (χ0v) is 14.7. The molecule has 1 aliphatic rings. The number of alkyl halides is 3. The number of carbonyl (C=O) groups is 1. The predicted octanol–water partition coefficient (Wildman–Crippen LogP) is 2.74. The monoisotopic (exact) mass is 392 g/mol. The lowest BCUT2D eigenvalue weighted by Crippen LogP contribution is -2.35. The molecule has 2 atom stereocenters. The summed E-state index contributed by atoms with van der Waals surface area (Å²) in [6.45, 7) is 0.408. The topological polar surface area (TPSA) is 100 Å². The number of amides is 1. The van der Waals surface area contributed by atoms with Crippen molar-refractivity contribution < 1.29 is 22.7 Å². The standard InChI is InChI=1S/C19H19F3N4O2/c20-19(21,22)12-4-2-5-13(8-12)26-18(27)16-9-15(10-25-16)28-14-6-1-3-11(7-14)17(23)24/h1-8,15-16,25H,9-10H2,(H3,23,24)(H,26,27). The number of anilines is 1. The molecule has 1 saturated heterocycles. The Morgan fingerprint density at radius 1 is 1.21 bits per heavy atom. The van der Waals surface area contributed by atoms with Crippen molar-refractivity contribution in [3.05, 3.63) is 59.7 Å². The Balaban J connectivity index is 1.59. The summed E-state index contributed by atoms with van der Waals surface area (Å²) in [6.07, 6.45) is -4.41. The molecule has 1 amide bonds. The number of rotatable bonds is 5. The second-order valence-electron chi connectivity index (χ2n) is 6.45. The summed E-state index contributed by atoms with van der Waals surface area (Å²) < 4.78 is 44.2. The summed E-state index contributed by atoms with van der Waals surface area (Å²) in [4.78, 5) is 12.4. The van der Waals surface area contributed by atoms with E-state index in [1.54, 1.807) is 24.3 Å². The molecule has 1 fully saturated rings. The average Bonchev–Trinajstić information content (AvgIpc) is 3.10. The second kappa shape index (κ2) is 7.89. The van der Waals surface area contributed by atoms with E-state index in [-0.39, 0.29) is 17.6 Å². The van der Waals surface area contributed by atoms with Crippen molar-refractivity contribution in [2.45, 2.75) is 24.7 Å². The molecular formula is C19H19F3N4O2. The Labute approximate surface area is 159 Å². The van der Waals surface area contributed by atoms with Crippen molar-refractivity contribution >= 4 is 17.4 Å². The van der Waals surface area contributed by atoms with Crippen LogP contribution < -0.4 is 21.1 Å². The summed E-state index contributed by atoms with van der Waals surface area (Å²) in [5.74, 6) is 0.0229. The van der Waals surface area contributed by atoms with E-state index in [1.165, 1.54) is 12.1 Å². The van der Waals surface area contributed by atoms with E-state index >= 15 is 0 Å². The molecule has 2 aromatic rings. The summed E-state index contributed by atoms with van der Waals surface area (Å²) in [5.41, 5.74) is 5.25. The van der Waals surface area contributed by atoms with Gasteiger partial charge in [-0.1, -0.05) is 18.2 Å². The highest BCUT2D eigenvalue weighted by molar-refractivity contribution is 5.95. The largest absolute Gasteiger partial charge is 0.489 e. The molecule has 5 N–H and O–H groups in total. The van der Waals surface area contributed by atoms with Crippen molar-refractivity contribution in [2.24, 2.45) is 5.73 Å². The number of amidine groups is 1. The second-order valence-corrected chi connectivity index (χ2v) is 6.45. The van der Waals surface area contributed by atoms with E-state index < -0.39 is 23.7 Å². The van der Waals surface area contributed by atoms with Crippen LogP contribution >= 0.6 is 0 Å². The minimum atomic E-state index is -4.47. The van der Waals surface area contributed by atoms with Crippen LogP contribution in [0.3, 0.4) is 0 Å². The molecule has 1 aliphatic heterocycles. The molecule has 9 heteroatoms. The highest BCUT2D eigenvalue weighted by Gasteiger charge is 2.32. The molecule has 2 unspecified atom stereocenters. The van der Waals surface area contributed by atoms with Gasteiger partial charge in [-0.05, 0) is 30.3 Å². The minimum absolute atomic E-state index is 0.0756. The van der Waals surface area contributed by atoms with Crippen LogP contribution in [-0.2, 0) is 11.0 Å². The van der Waals surface area contributed by atoms with Crippen LogP contribution in [0.15, 0.2) is 48.5 Å². The van der Waals surface area contributed by atoms with Crippen LogP contribution in [0.1, 0.15) is 17.5 Å². The fraction of sp³-hybridized carbons (Fsp3) is 0.263. The predicted molar refractivity (Wildman–Crippen MR) is 98.4 cm³/mol. The lowest BCUT2D eigenvalue weighted by atomic mass is 10.1. The summed E-state index contributed by atoms with van der Waals surface area (Å²) in [7, 11) is 0. The van der Waals surface area contributed by atoms with Gasteiger partial charge in [-0.3, -0.25) is 10.2 Å². The number of nitrogen functional groups attached to an aromatic ring is 1. The average molecular weight is 392 g/mol. The van der Waals surface area contributed by atoms with E-state index in [2.05, 4.69) is 10.6 Å². The minimum Gasteiger partial charge on any atom is -0.489 e. The molecule has 28 heavy (non-hydrogen) atoms. The number of halogens is 3. The Morgan fingerprint density at radius 3 is 2.68 bits per heavy atom. The molecule has 1 heterocycles. The van der Waals surface area contributed by atoms with Crippen molar-refractivity contribution in [1.82, 2.24) is 5.32 Å². The number of hydrogen-bond acceptors (Lipinski definition) is 4. The number of nitrogens with one attached hydrogen (secondary N) is 3. The zero-order chi connectivity index (χ0) is 20.3. The molecule has 0 saturated carbocycles. The highest BCUT2D eigenvalue weighted by Crippen LogP contribution is 2.30. The Kier molecular flexibility index (Phi) is 5.55. The molecule has 0 aromatic heterocycles. The molecule has 148 valence electrons. The third kappa shape index (κ3) is 4.80. The van der Waals surface area contributed by atoms with Gasteiger partial charge in [0.25, 0.3) is 0 Å². The molecule has 2 aromatic carbocycles. The van der Waals surface area contributed by atoms with E-state index in [0.29, 0.717) is 24.3 Å². The van der Waals surface area contributed by atoms with Crippen molar-refractivity contribution in [1.29, 1.82) is 5.41 Å². The Hall–Kier alpha value is -3.07. The van der Waals surface area contributed by atoms with Crippen molar-refractivity contribution in [3.8, 4) is 5.75 Å². The van der Waals surface area contributed by atoms with Crippen LogP contribution in [0.5, 0.6) is 5.75 Å². The van der Waals surface area contributed by atoms with Crippen LogP contribution in [0.4, 0.5) is 18.9 Å². The van der Waals surface area contributed by atoms with Crippen molar-refractivity contribution in [3.63, 3.8) is 0 Å². The van der Waals surface area contributed by atoms with Crippen LogP contribution in [-0.4, -0.2) is 30.4 Å². The fourth-order valence-electron chi connectivity index (χ4n) is 2.92. The summed E-state index contributed by atoms with van der Waals surface area (Å²) in [5, 5.41) is 13.0. The van der Waals surface area contributed by atoms with Gasteiger partial charge in [0.05, 0.1) is 11.6 Å². The number of ether oxygens (including phenoxy) is 1. The Morgan fingerprint density at radius 2 is 1.96 bits per heavy atom. The normalized spacial score (nSPS) is 19.2. The highest BCUT2D eigenvalue weighted by atomic mass is 19.4. The number of nitrogens with two attached hydrogens (primary N) is 1. The first-order valence-electron chi connectivity index (χ1n) is 8.55. The summed E-state index contributed by atoms with van der Waals surface area (Å²) >= 11 is 0. The van der Waals surface area contributed by atoms with Gasteiger partial charge in [0.1, 0.15) is 17.7 Å². The molecule has 0 spiro atoms. The van der Waals surface area contributed by atoms with Gasteiger partial charge in [-0.2, -0.15) is 13.2 Å². The molecule has 6 nitrogen and oxygen atoms in total. The number of benzene rings is 2. The third-order valence-electron chi connectivity index (χ3n) is 4.31. The van der Waals surface area contributed by atoms with E-state index in [1.807, 2.05) is 0 Å². The maximum absolute atomic E-state index is 12.8. The molecular weight excluding hydrogens is 373 g/mol. The first-order chi connectivity index (χ1) is 13.2. The number of carbonyl (C=O) groups excluding carboxylic acids is 1. The van der Waals surface area contributed by atoms with Gasteiger partial charge < -0.3 is 21.1 Å². The molecule has 3 rings (SSSR count). The quantitative estimate of drug-likeness (QED) is 0.464. The fourth-order valence-corrected chi connectivity index (χ4v) is 2.92.